The Bertz CT molecular complexity index is 923. The first-order chi connectivity index (χ1) is 12.0. The lowest BCUT2D eigenvalue weighted by Gasteiger charge is -2.23. The van der Waals surface area contributed by atoms with E-state index in [0.29, 0.717) is 32.0 Å². The third kappa shape index (κ3) is 3.48. The third-order valence-electron chi connectivity index (χ3n) is 4.21. The Labute approximate surface area is 144 Å². The van der Waals surface area contributed by atoms with Crippen molar-refractivity contribution in [2.75, 3.05) is 26.3 Å². The number of aromatic nitrogens is 2. The third-order valence-corrected chi connectivity index (χ3v) is 4.21. The first kappa shape index (κ1) is 17.0. The molecule has 0 unspecified atom stereocenters. The monoisotopic (exact) mass is 344 g/mol. The zero-order valence-corrected chi connectivity index (χ0v) is 14.2. The maximum Gasteiger partial charge on any atom is 0.335 e. The first-order valence-electron chi connectivity index (χ1n) is 8.00. The van der Waals surface area contributed by atoms with E-state index in [1.54, 1.807) is 17.1 Å². The lowest BCUT2D eigenvalue weighted by atomic mass is 10.1. The van der Waals surface area contributed by atoms with E-state index in [1.807, 2.05) is 19.9 Å². The highest BCUT2D eigenvalue weighted by molar-refractivity contribution is 5.82. The van der Waals surface area contributed by atoms with Crippen molar-refractivity contribution in [3.63, 3.8) is 0 Å². The molecule has 0 saturated carbocycles. The van der Waals surface area contributed by atoms with Crippen LogP contribution in [0.5, 0.6) is 5.88 Å². The fourth-order valence-electron chi connectivity index (χ4n) is 2.57. The highest BCUT2D eigenvalue weighted by atomic mass is 16.5. The van der Waals surface area contributed by atoms with Gasteiger partial charge in [-0.25, -0.2) is 9.36 Å². The molecule has 0 bridgehead atoms. The zero-order valence-electron chi connectivity index (χ0n) is 14.2. The van der Waals surface area contributed by atoms with Gasteiger partial charge in [-0.05, 0) is 37.1 Å². The first-order valence-corrected chi connectivity index (χ1v) is 8.00. The molecule has 0 amide bonds. The van der Waals surface area contributed by atoms with Crippen molar-refractivity contribution in [1.82, 2.24) is 14.6 Å². The topological polar surface area (TPSA) is 99.9 Å². The molecule has 0 atom stereocenters. The van der Waals surface area contributed by atoms with Gasteiger partial charge in [0.05, 0.1) is 38.2 Å². The molecule has 2 N–H and O–H groups in total. The highest BCUT2D eigenvalue weighted by Crippen LogP contribution is 2.18. The Morgan fingerprint density at radius 1 is 1.20 bits per heavy atom. The van der Waals surface area contributed by atoms with Gasteiger partial charge in [-0.15, -0.1) is 0 Å². The summed E-state index contributed by atoms with van der Waals surface area (Å²) in [4.78, 5) is 26.5. The summed E-state index contributed by atoms with van der Waals surface area (Å²) < 4.78 is 6.30. The summed E-state index contributed by atoms with van der Waals surface area (Å²) in [6, 6.07) is 5.34. The van der Waals surface area contributed by atoms with Crippen LogP contribution >= 0.6 is 0 Å². The molecule has 3 rings (SSSR count). The molecule has 1 fully saturated rings. The number of hydrogen-bond acceptors (Lipinski definition) is 6. The van der Waals surface area contributed by atoms with Crippen LogP contribution in [0.15, 0.2) is 32.9 Å². The van der Waals surface area contributed by atoms with Crippen molar-refractivity contribution >= 4 is 6.21 Å². The Balaban J connectivity index is 2.05. The summed E-state index contributed by atoms with van der Waals surface area (Å²) in [5.74, 6) is -0.436. The molecule has 2 aromatic rings. The fraction of sp³-hybridized carbons (Fsp3) is 0.353. The molecule has 0 spiro atoms. The van der Waals surface area contributed by atoms with Gasteiger partial charge in [-0.1, -0.05) is 6.07 Å². The molecule has 1 aromatic heterocycles. The van der Waals surface area contributed by atoms with Crippen molar-refractivity contribution in [3.8, 4) is 11.6 Å². The Morgan fingerprint density at radius 3 is 2.60 bits per heavy atom. The van der Waals surface area contributed by atoms with E-state index in [-0.39, 0.29) is 5.56 Å². The predicted octanol–water partition coefficient (Wildman–Crippen LogP) is 0.514. The fourth-order valence-corrected chi connectivity index (χ4v) is 2.57. The van der Waals surface area contributed by atoms with Crippen molar-refractivity contribution in [2.24, 2.45) is 5.10 Å². The van der Waals surface area contributed by atoms with Crippen molar-refractivity contribution in [3.05, 3.63) is 55.7 Å². The second kappa shape index (κ2) is 6.94. The molecule has 1 aromatic carbocycles. The van der Waals surface area contributed by atoms with Gasteiger partial charge >= 0.3 is 5.69 Å². The van der Waals surface area contributed by atoms with Crippen LogP contribution in [0.4, 0.5) is 0 Å². The summed E-state index contributed by atoms with van der Waals surface area (Å²) in [5.41, 5.74) is 1.06. The molecular weight excluding hydrogens is 324 g/mol. The Morgan fingerprint density at radius 2 is 1.92 bits per heavy atom. The number of aromatic amines is 1. The second-order valence-corrected chi connectivity index (χ2v) is 5.91. The van der Waals surface area contributed by atoms with Crippen LogP contribution in [0, 0.1) is 13.8 Å². The lowest BCUT2D eigenvalue weighted by Crippen LogP contribution is -2.34. The number of nitrogens with one attached hydrogen (secondary N) is 1. The average Bonchev–Trinajstić information content (AvgIpc) is 2.58. The van der Waals surface area contributed by atoms with E-state index in [9.17, 15) is 14.7 Å². The minimum absolute atomic E-state index is 0.0654. The Hall–Kier alpha value is -2.87. The number of benzene rings is 1. The molecule has 1 saturated heterocycles. The minimum Gasteiger partial charge on any atom is -0.493 e. The number of aryl methyl sites for hydroxylation is 2. The molecule has 8 nitrogen and oxygen atoms in total. The average molecular weight is 344 g/mol. The quantitative estimate of drug-likeness (QED) is 0.791. The van der Waals surface area contributed by atoms with Gasteiger partial charge in [0.25, 0.3) is 5.56 Å². The SMILES string of the molecule is Cc1ccc(-n2c(O)c(/C=N/N3CCOCC3)c(=O)[nH]c2=O)cc1C. The van der Waals surface area contributed by atoms with Crippen LogP contribution in [-0.2, 0) is 4.74 Å². The number of morpholine rings is 1. The molecule has 8 heteroatoms. The van der Waals surface area contributed by atoms with E-state index in [2.05, 4.69) is 10.1 Å². The number of aromatic hydroxyl groups is 1. The van der Waals surface area contributed by atoms with Gasteiger partial charge < -0.3 is 9.84 Å². The summed E-state index contributed by atoms with van der Waals surface area (Å²) in [5, 5.41) is 16.5. The van der Waals surface area contributed by atoms with Crippen molar-refractivity contribution in [2.45, 2.75) is 13.8 Å². The lowest BCUT2D eigenvalue weighted by molar-refractivity contribution is 0.0396. The molecule has 25 heavy (non-hydrogen) atoms. The summed E-state index contributed by atoms with van der Waals surface area (Å²) >= 11 is 0. The summed E-state index contributed by atoms with van der Waals surface area (Å²) in [6.07, 6.45) is 1.27. The van der Waals surface area contributed by atoms with Gasteiger partial charge in [0.1, 0.15) is 5.56 Å². The normalized spacial score (nSPS) is 15.0. The summed E-state index contributed by atoms with van der Waals surface area (Å²) in [7, 11) is 0. The van der Waals surface area contributed by atoms with Crippen LogP contribution in [0.2, 0.25) is 0 Å². The number of ether oxygens (including phenoxy) is 1. The van der Waals surface area contributed by atoms with E-state index in [1.165, 1.54) is 6.21 Å². The number of nitrogens with zero attached hydrogens (tertiary/aromatic N) is 3. The Kier molecular flexibility index (Phi) is 4.71. The predicted molar refractivity (Wildman–Crippen MR) is 93.8 cm³/mol. The smallest absolute Gasteiger partial charge is 0.335 e. The molecule has 2 heterocycles. The summed E-state index contributed by atoms with van der Waals surface area (Å²) in [6.45, 7) is 6.18. The number of H-pyrrole nitrogens is 1. The zero-order chi connectivity index (χ0) is 18.0. The van der Waals surface area contributed by atoms with E-state index < -0.39 is 17.1 Å². The van der Waals surface area contributed by atoms with Crippen molar-refractivity contribution < 1.29 is 9.84 Å². The van der Waals surface area contributed by atoms with Crippen LogP contribution in [0.1, 0.15) is 16.7 Å². The standard InChI is InChI=1S/C17H20N4O4/c1-11-3-4-13(9-12(11)2)21-16(23)14(15(22)19-17(21)24)10-18-20-5-7-25-8-6-20/h3-4,9-10,23H,5-8H2,1-2H3,(H,19,22,24)/b18-10+. The van der Waals surface area contributed by atoms with Gasteiger partial charge in [-0.2, -0.15) is 5.10 Å². The number of hydrazone groups is 1. The molecular formula is C17H20N4O4. The van der Waals surface area contributed by atoms with Crippen LogP contribution in [0.25, 0.3) is 5.69 Å². The number of rotatable bonds is 3. The molecule has 1 aliphatic rings. The van der Waals surface area contributed by atoms with Gasteiger partial charge in [0, 0.05) is 0 Å². The van der Waals surface area contributed by atoms with Gasteiger partial charge in [0.15, 0.2) is 0 Å². The van der Waals surface area contributed by atoms with Crippen LogP contribution in [-0.4, -0.2) is 52.2 Å². The molecule has 0 radical (unpaired) electrons. The largest absolute Gasteiger partial charge is 0.493 e. The van der Waals surface area contributed by atoms with Crippen LogP contribution in [0.3, 0.4) is 0 Å². The second-order valence-electron chi connectivity index (χ2n) is 5.91. The highest BCUT2D eigenvalue weighted by Gasteiger charge is 2.15. The maximum atomic E-state index is 12.2. The molecule has 0 aliphatic carbocycles. The molecule has 1 aliphatic heterocycles. The molecule has 132 valence electrons. The van der Waals surface area contributed by atoms with E-state index in [0.717, 1.165) is 15.7 Å². The van der Waals surface area contributed by atoms with Crippen molar-refractivity contribution in [1.29, 1.82) is 0 Å². The number of hydrogen-bond donors (Lipinski definition) is 2. The maximum absolute atomic E-state index is 12.2. The van der Waals surface area contributed by atoms with Crippen LogP contribution < -0.4 is 11.2 Å². The van der Waals surface area contributed by atoms with Gasteiger partial charge in [0.2, 0.25) is 5.88 Å². The van der Waals surface area contributed by atoms with E-state index >= 15 is 0 Å². The van der Waals surface area contributed by atoms with E-state index in [4.69, 9.17) is 4.74 Å². The van der Waals surface area contributed by atoms with Gasteiger partial charge in [-0.3, -0.25) is 14.8 Å². The minimum atomic E-state index is -0.700.